The summed E-state index contributed by atoms with van der Waals surface area (Å²) in [7, 11) is 2.92. The van der Waals surface area contributed by atoms with E-state index >= 15 is 0 Å². The highest BCUT2D eigenvalue weighted by Gasteiger charge is 2.16. The normalized spacial score (nSPS) is 12.3. The maximum absolute atomic E-state index is 12.4. The summed E-state index contributed by atoms with van der Waals surface area (Å²) in [5, 5.41) is 10.2. The summed E-state index contributed by atoms with van der Waals surface area (Å²) in [6.45, 7) is 0.0720. The van der Waals surface area contributed by atoms with Gasteiger partial charge in [-0.15, -0.1) is 0 Å². The molecule has 0 radical (unpaired) electrons. The van der Waals surface area contributed by atoms with Crippen molar-refractivity contribution in [1.82, 2.24) is 18.7 Å². The summed E-state index contributed by atoms with van der Waals surface area (Å²) in [6, 6.07) is 6.49. The van der Waals surface area contributed by atoms with E-state index in [1.807, 2.05) is 0 Å². The first-order valence-electron chi connectivity index (χ1n) is 7.89. The molecule has 0 amide bonds. The van der Waals surface area contributed by atoms with Gasteiger partial charge in [0, 0.05) is 19.7 Å². The SMILES string of the molecule is Cn1c(=O)c2c(ncn2CC(O)COc2ccc(C=O)cc2)n(C)c1=O. The highest BCUT2D eigenvalue weighted by Crippen LogP contribution is 2.12. The molecule has 136 valence electrons. The van der Waals surface area contributed by atoms with Crippen LogP contribution in [-0.2, 0) is 20.6 Å². The Morgan fingerprint density at radius 2 is 1.88 bits per heavy atom. The lowest BCUT2D eigenvalue weighted by atomic mass is 10.2. The molecule has 9 heteroatoms. The van der Waals surface area contributed by atoms with Gasteiger partial charge in [0.2, 0.25) is 0 Å². The van der Waals surface area contributed by atoms with Crippen molar-refractivity contribution in [3.63, 3.8) is 0 Å². The molecule has 0 saturated carbocycles. The van der Waals surface area contributed by atoms with Gasteiger partial charge in [0.15, 0.2) is 11.2 Å². The summed E-state index contributed by atoms with van der Waals surface area (Å²) in [4.78, 5) is 39.0. The fraction of sp³-hybridized carbons (Fsp3) is 0.294. The van der Waals surface area contributed by atoms with Crippen LogP contribution in [0.5, 0.6) is 5.75 Å². The van der Waals surface area contributed by atoms with E-state index in [9.17, 15) is 19.5 Å². The fourth-order valence-corrected chi connectivity index (χ4v) is 2.65. The first-order chi connectivity index (χ1) is 12.4. The van der Waals surface area contributed by atoms with Crippen molar-refractivity contribution in [2.75, 3.05) is 6.61 Å². The van der Waals surface area contributed by atoms with Gasteiger partial charge in [0.1, 0.15) is 24.7 Å². The van der Waals surface area contributed by atoms with Gasteiger partial charge in [-0.1, -0.05) is 0 Å². The number of aromatic nitrogens is 4. The minimum Gasteiger partial charge on any atom is -0.491 e. The van der Waals surface area contributed by atoms with E-state index in [-0.39, 0.29) is 24.3 Å². The van der Waals surface area contributed by atoms with Gasteiger partial charge >= 0.3 is 5.69 Å². The molecule has 26 heavy (non-hydrogen) atoms. The van der Waals surface area contributed by atoms with Crippen molar-refractivity contribution in [3.8, 4) is 5.75 Å². The van der Waals surface area contributed by atoms with Crippen molar-refractivity contribution in [2.24, 2.45) is 14.1 Å². The topological polar surface area (TPSA) is 108 Å². The predicted molar refractivity (Wildman–Crippen MR) is 93.5 cm³/mol. The van der Waals surface area contributed by atoms with Crippen LogP contribution in [0.25, 0.3) is 11.2 Å². The van der Waals surface area contributed by atoms with Crippen LogP contribution in [0.4, 0.5) is 0 Å². The third kappa shape index (κ3) is 3.16. The van der Waals surface area contributed by atoms with Gasteiger partial charge in [0.25, 0.3) is 5.56 Å². The molecule has 2 heterocycles. The quantitative estimate of drug-likeness (QED) is 0.606. The van der Waals surface area contributed by atoms with Crippen LogP contribution in [0.2, 0.25) is 0 Å². The molecule has 0 spiro atoms. The first kappa shape index (κ1) is 17.6. The van der Waals surface area contributed by atoms with Crippen LogP contribution in [0.15, 0.2) is 40.2 Å². The molecule has 0 aliphatic rings. The average Bonchev–Trinajstić information content (AvgIpc) is 3.07. The van der Waals surface area contributed by atoms with Gasteiger partial charge in [-0.3, -0.25) is 18.7 Å². The van der Waals surface area contributed by atoms with Crippen LogP contribution in [-0.4, -0.2) is 42.8 Å². The summed E-state index contributed by atoms with van der Waals surface area (Å²) < 4.78 is 9.27. The number of hydrogen-bond donors (Lipinski definition) is 1. The number of hydrogen-bond acceptors (Lipinski definition) is 6. The third-order valence-corrected chi connectivity index (χ3v) is 4.08. The van der Waals surface area contributed by atoms with Crippen LogP contribution < -0.4 is 16.0 Å². The van der Waals surface area contributed by atoms with Gasteiger partial charge in [-0.05, 0) is 24.3 Å². The standard InChI is InChI=1S/C17H18N4O5/c1-19-15-14(16(24)20(2)17(19)25)21(10-18-15)7-12(23)9-26-13-5-3-11(8-22)4-6-13/h3-6,8,10,12,23H,7,9H2,1-2H3. The maximum Gasteiger partial charge on any atom is 0.332 e. The first-order valence-corrected chi connectivity index (χ1v) is 7.89. The number of aryl methyl sites for hydroxylation is 1. The number of fused-ring (bicyclic) bond motifs is 1. The van der Waals surface area contributed by atoms with Crippen molar-refractivity contribution >= 4 is 17.5 Å². The molecule has 3 aromatic rings. The number of aldehydes is 1. The summed E-state index contributed by atoms with van der Waals surface area (Å²) in [5.74, 6) is 0.517. The molecular weight excluding hydrogens is 340 g/mol. The van der Waals surface area contributed by atoms with E-state index in [0.717, 1.165) is 10.9 Å². The number of rotatable bonds is 6. The van der Waals surface area contributed by atoms with E-state index < -0.39 is 17.4 Å². The lowest BCUT2D eigenvalue weighted by Gasteiger charge is -2.14. The Hall–Kier alpha value is -3.20. The Morgan fingerprint density at radius 3 is 2.54 bits per heavy atom. The molecule has 0 aliphatic heterocycles. The molecule has 1 unspecified atom stereocenters. The van der Waals surface area contributed by atoms with Crippen LogP contribution in [0.3, 0.4) is 0 Å². The molecule has 9 nitrogen and oxygen atoms in total. The highest BCUT2D eigenvalue weighted by molar-refractivity contribution is 5.74. The maximum atomic E-state index is 12.4. The number of imidazole rings is 1. The van der Waals surface area contributed by atoms with Crippen molar-refractivity contribution in [1.29, 1.82) is 0 Å². The van der Waals surface area contributed by atoms with Crippen LogP contribution in [0, 0.1) is 0 Å². The van der Waals surface area contributed by atoms with Crippen LogP contribution >= 0.6 is 0 Å². The second kappa shape index (κ2) is 6.96. The second-order valence-corrected chi connectivity index (χ2v) is 5.93. The van der Waals surface area contributed by atoms with Crippen molar-refractivity contribution in [2.45, 2.75) is 12.6 Å². The van der Waals surface area contributed by atoms with Gasteiger partial charge in [0.05, 0.1) is 12.9 Å². The van der Waals surface area contributed by atoms with E-state index in [4.69, 9.17) is 4.74 Å². The van der Waals surface area contributed by atoms with Crippen LogP contribution in [0.1, 0.15) is 10.4 Å². The minimum atomic E-state index is -0.903. The molecule has 0 bridgehead atoms. The Labute approximate surface area is 147 Å². The lowest BCUT2D eigenvalue weighted by Crippen LogP contribution is -2.38. The number of nitrogens with zero attached hydrogens (tertiary/aromatic N) is 4. The largest absolute Gasteiger partial charge is 0.491 e. The number of ether oxygens (including phenoxy) is 1. The van der Waals surface area contributed by atoms with E-state index in [2.05, 4.69) is 4.98 Å². The van der Waals surface area contributed by atoms with Gasteiger partial charge in [-0.25, -0.2) is 9.78 Å². The Bertz CT molecular complexity index is 1060. The Kier molecular flexibility index (Phi) is 4.72. The minimum absolute atomic E-state index is 0.00775. The zero-order chi connectivity index (χ0) is 18.8. The average molecular weight is 358 g/mol. The monoisotopic (exact) mass is 358 g/mol. The highest BCUT2D eigenvalue weighted by atomic mass is 16.5. The summed E-state index contributed by atoms with van der Waals surface area (Å²) in [5.41, 5.74) is 0.0949. The smallest absolute Gasteiger partial charge is 0.332 e. The summed E-state index contributed by atoms with van der Waals surface area (Å²) >= 11 is 0. The lowest BCUT2D eigenvalue weighted by molar-refractivity contribution is 0.0933. The molecule has 1 N–H and O–H groups in total. The molecule has 1 atom stereocenters. The number of aliphatic hydroxyl groups is 1. The van der Waals surface area contributed by atoms with E-state index in [1.165, 1.54) is 29.6 Å². The molecular formula is C17H18N4O5. The molecule has 3 rings (SSSR count). The molecule has 0 aliphatic carbocycles. The zero-order valence-corrected chi connectivity index (χ0v) is 14.3. The van der Waals surface area contributed by atoms with Gasteiger partial charge in [-0.2, -0.15) is 0 Å². The number of carbonyl (C=O) groups is 1. The summed E-state index contributed by atoms with van der Waals surface area (Å²) in [6.07, 6.45) is 1.24. The molecule has 0 saturated heterocycles. The molecule has 2 aromatic heterocycles. The third-order valence-electron chi connectivity index (χ3n) is 4.08. The van der Waals surface area contributed by atoms with Gasteiger partial charge < -0.3 is 14.4 Å². The fourth-order valence-electron chi connectivity index (χ4n) is 2.65. The van der Waals surface area contributed by atoms with Crippen molar-refractivity contribution < 1.29 is 14.6 Å². The predicted octanol–water partition coefficient (Wildman–Crippen LogP) is -0.314. The van der Waals surface area contributed by atoms with E-state index in [1.54, 1.807) is 24.3 Å². The number of aliphatic hydroxyl groups excluding tert-OH is 1. The Balaban J connectivity index is 1.77. The van der Waals surface area contributed by atoms with E-state index in [0.29, 0.717) is 11.3 Å². The Morgan fingerprint density at radius 1 is 1.19 bits per heavy atom. The second-order valence-electron chi connectivity index (χ2n) is 5.93. The van der Waals surface area contributed by atoms with Crippen molar-refractivity contribution in [3.05, 3.63) is 57.0 Å². The number of benzene rings is 1. The molecule has 0 fully saturated rings. The number of carbonyl (C=O) groups excluding carboxylic acids is 1. The molecule has 1 aromatic carbocycles. The zero-order valence-electron chi connectivity index (χ0n) is 14.3.